The Morgan fingerprint density at radius 1 is 0.346 bits per heavy atom. The fraction of sp³-hybridized carbons (Fsp3) is 0.0408. The Bertz CT molecular complexity index is 2610. The van der Waals surface area contributed by atoms with E-state index in [0.717, 1.165) is 84.4 Å². The Balaban J connectivity index is 1.06. The predicted molar refractivity (Wildman–Crippen MR) is 217 cm³/mol. The molecule has 0 N–H and O–H groups in total. The minimum Gasteiger partial charge on any atom is -0.251 e. The molecule has 0 saturated heterocycles. The SMILES string of the molecule is CCc1cc(-c2ccc(-c3ccc(-c4cc(-c5ccccc5)cc(-c5ccccc5)n4)cc3)cc2)c2ccc3ccc(-c4ccccc4)nc3c2n1. The maximum Gasteiger partial charge on any atom is 0.0974 e. The van der Waals surface area contributed by atoms with Gasteiger partial charge < -0.3 is 0 Å². The molecule has 0 aliphatic rings. The molecule has 246 valence electrons. The summed E-state index contributed by atoms with van der Waals surface area (Å²) in [6.07, 6.45) is 0.845. The third-order valence-corrected chi connectivity index (χ3v) is 9.84. The number of rotatable bonds is 7. The van der Waals surface area contributed by atoms with Gasteiger partial charge in [0.05, 0.1) is 28.1 Å². The lowest BCUT2D eigenvalue weighted by Crippen LogP contribution is -1.95. The van der Waals surface area contributed by atoms with Crippen LogP contribution >= 0.6 is 0 Å². The van der Waals surface area contributed by atoms with Crippen molar-refractivity contribution < 1.29 is 0 Å². The monoisotopic (exact) mass is 665 g/mol. The van der Waals surface area contributed by atoms with Gasteiger partial charge in [0.25, 0.3) is 0 Å². The highest BCUT2D eigenvalue weighted by molar-refractivity contribution is 6.08. The van der Waals surface area contributed by atoms with Crippen LogP contribution in [0.5, 0.6) is 0 Å². The molecule has 0 fully saturated rings. The molecule has 3 nitrogen and oxygen atoms in total. The quantitative estimate of drug-likeness (QED) is 0.159. The Kier molecular flexibility index (Phi) is 8.15. The molecule has 0 unspecified atom stereocenters. The van der Waals surface area contributed by atoms with Crippen molar-refractivity contribution in [3.8, 4) is 67.2 Å². The maximum absolute atomic E-state index is 5.14. The summed E-state index contributed by atoms with van der Waals surface area (Å²) in [7, 11) is 0. The molecule has 0 radical (unpaired) electrons. The molecule has 6 aromatic carbocycles. The minimum absolute atomic E-state index is 0.845. The second-order valence-electron chi connectivity index (χ2n) is 13.1. The van der Waals surface area contributed by atoms with E-state index in [1.807, 2.05) is 12.1 Å². The summed E-state index contributed by atoms with van der Waals surface area (Å²) in [6.45, 7) is 2.16. The topological polar surface area (TPSA) is 38.7 Å². The van der Waals surface area contributed by atoms with Gasteiger partial charge in [-0.05, 0) is 64.1 Å². The third kappa shape index (κ3) is 6.03. The van der Waals surface area contributed by atoms with Crippen molar-refractivity contribution in [3.05, 3.63) is 188 Å². The van der Waals surface area contributed by atoms with Crippen molar-refractivity contribution >= 4 is 21.8 Å². The van der Waals surface area contributed by atoms with Crippen molar-refractivity contribution in [3.63, 3.8) is 0 Å². The van der Waals surface area contributed by atoms with Gasteiger partial charge in [-0.2, -0.15) is 0 Å². The van der Waals surface area contributed by atoms with Crippen LogP contribution in [0, 0.1) is 0 Å². The molecule has 0 amide bonds. The van der Waals surface area contributed by atoms with Gasteiger partial charge >= 0.3 is 0 Å². The van der Waals surface area contributed by atoms with Gasteiger partial charge in [-0.25, -0.2) is 9.97 Å². The number of nitrogens with zero attached hydrogens (tertiary/aromatic N) is 3. The lowest BCUT2D eigenvalue weighted by atomic mass is 9.95. The average Bonchev–Trinajstić information content (AvgIpc) is 3.24. The molecule has 3 aromatic heterocycles. The number of benzene rings is 6. The molecule has 3 heterocycles. The van der Waals surface area contributed by atoms with Gasteiger partial charge in [-0.3, -0.25) is 4.98 Å². The molecule has 0 saturated carbocycles. The van der Waals surface area contributed by atoms with Crippen molar-refractivity contribution in [2.24, 2.45) is 0 Å². The smallest absolute Gasteiger partial charge is 0.0974 e. The highest BCUT2D eigenvalue weighted by atomic mass is 14.8. The number of fused-ring (bicyclic) bond motifs is 3. The van der Waals surface area contributed by atoms with E-state index in [1.54, 1.807) is 0 Å². The van der Waals surface area contributed by atoms with Crippen LogP contribution in [0.3, 0.4) is 0 Å². The van der Waals surface area contributed by atoms with Crippen molar-refractivity contribution in [2.75, 3.05) is 0 Å². The largest absolute Gasteiger partial charge is 0.251 e. The number of aromatic nitrogens is 3. The Hall–Kier alpha value is -6.71. The first-order valence-electron chi connectivity index (χ1n) is 17.8. The van der Waals surface area contributed by atoms with E-state index < -0.39 is 0 Å². The Morgan fingerprint density at radius 2 is 0.827 bits per heavy atom. The summed E-state index contributed by atoms with van der Waals surface area (Å²) < 4.78 is 0. The van der Waals surface area contributed by atoms with E-state index in [1.165, 1.54) is 16.7 Å². The van der Waals surface area contributed by atoms with E-state index in [0.29, 0.717) is 0 Å². The van der Waals surface area contributed by atoms with Crippen LogP contribution in [0.25, 0.3) is 89.0 Å². The maximum atomic E-state index is 5.14. The normalized spacial score (nSPS) is 11.2. The average molecular weight is 666 g/mol. The van der Waals surface area contributed by atoms with Crippen LogP contribution in [0.4, 0.5) is 0 Å². The van der Waals surface area contributed by atoms with Crippen LogP contribution in [-0.2, 0) is 6.42 Å². The molecular weight excluding hydrogens is 631 g/mol. The van der Waals surface area contributed by atoms with E-state index in [2.05, 4.69) is 177 Å². The van der Waals surface area contributed by atoms with Crippen molar-refractivity contribution in [2.45, 2.75) is 13.3 Å². The molecule has 52 heavy (non-hydrogen) atoms. The molecule has 0 aliphatic carbocycles. The van der Waals surface area contributed by atoms with E-state index in [-0.39, 0.29) is 0 Å². The summed E-state index contributed by atoms with van der Waals surface area (Å²) in [4.78, 5) is 15.4. The lowest BCUT2D eigenvalue weighted by Gasteiger charge is -2.13. The van der Waals surface area contributed by atoms with Gasteiger partial charge in [-0.1, -0.05) is 165 Å². The minimum atomic E-state index is 0.845. The lowest BCUT2D eigenvalue weighted by molar-refractivity contribution is 1.06. The first-order valence-corrected chi connectivity index (χ1v) is 17.8. The first kappa shape index (κ1) is 31.3. The molecule has 0 atom stereocenters. The van der Waals surface area contributed by atoms with Crippen LogP contribution in [0.15, 0.2) is 182 Å². The Labute approximate surface area is 304 Å². The van der Waals surface area contributed by atoms with E-state index in [9.17, 15) is 0 Å². The molecule has 0 aliphatic heterocycles. The van der Waals surface area contributed by atoms with Gasteiger partial charge in [0.15, 0.2) is 0 Å². The number of hydrogen-bond acceptors (Lipinski definition) is 3. The summed E-state index contributed by atoms with van der Waals surface area (Å²) in [5.74, 6) is 0. The molecule has 3 heteroatoms. The highest BCUT2D eigenvalue weighted by Crippen LogP contribution is 2.36. The second kappa shape index (κ2) is 13.5. The standard InChI is InChI=1S/C49H35N3/c1-2-42-32-44(43-28-26-40-27-29-45(37-14-8-4-9-15-37)52-48(40)49(43)50-42)36-22-18-34(19-23-36)35-20-24-39(25-21-35)47-31-41(33-12-6-3-7-13-33)30-46(51-47)38-16-10-5-11-17-38/h3-32H,2H2,1H3. The van der Waals surface area contributed by atoms with E-state index >= 15 is 0 Å². The van der Waals surface area contributed by atoms with Crippen molar-refractivity contribution in [1.29, 1.82) is 0 Å². The van der Waals surface area contributed by atoms with Crippen LogP contribution < -0.4 is 0 Å². The molecule has 9 rings (SSSR count). The van der Waals surface area contributed by atoms with Crippen molar-refractivity contribution in [1.82, 2.24) is 15.0 Å². The van der Waals surface area contributed by atoms with Crippen LogP contribution in [0.1, 0.15) is 12.6 Å². The summed E-state index contributed by atoms with van der Waals surface area (Å²) in [5, 5.41) is 2.20. The summed E-state index contributed by atoms with van der Waals surface area (Å²) in [6, 6.07) is 64.1. The molecular formula is C49H35N3. The van der Waals surface area contributed by atoms with Gasteiger partial charge in [0.1, 0.15) is 0 Å². The zero-order valence-electron chi connectivity index (χ0n) is 28.9. The molecule has 0 spiro atoms. The van der Waals surface area contributed by atoms with Gasteiger partial charge in [-0.15, -0.1) is 0 Å². The zero-order chi connectivity index (χ0) is 34.9. The Morgan fingerprint density at radius 3 is 1.42 bits per heavy atom. The molecule has 0 bridgehead atoms. The highest BCUT2D eigenvalue weighted by Gasteiger charge is 2.14. The van der Waals surface area contributed by atoms with E-state index in [4.69, 9.17) is 15.0 Å². The second-order valence-corrected chi connectivity index (χ2v) is 13.1. The van der Waals surface area contributed by atoms with Crippen LogP contribution in [0.2, 0.25) is 0 Å². The number of hydrogen-bond donors (Lipinski definition) is 0. The fourth-order valence-electron chi connectivity index (χ4n) is 7.02. The summed E-state index contributed by atoms with van der Waals surface area (Å²) >= 11 is 0. The number of pyridine rings is 3. The fourth-order valence-corrected chi connectivity index (χ4v) is 7.02. The van der Waals surface area contributed by atoms with Gasteiger partial charge in [0, 0.05) is 33.2 Å². The van der Waals surface area contributed by atoms with Crippen LogP contribution in [-0.4, -0.2) is 15.0 Å². The number of aryl methyl sites for hydroxylation is 1. The van der Waals surface area contributed by atoms with Gasteiger partial charge in [0.2, 0.25) is 0 Å². The zero-order valence-corrected chi connectivity index (χ0v) is 28.9. The predicted octanol–water partition coefficient (Wildman–Crippen LogP) is 12.7. The molecule has 9 aromatic rings. The first-order chi connectivity index (χ1) is 25.7. The third-order valence-electron chi connectivity index (χ3n) is 9.84. The summed E-state index contributed by atoms with van der Waals surface area (Å²) in [5.41, 5.74) is 16.1.